The van der Waals surface area contributed by atoms with Crippen molar-refractivity contribution >= 4 is 11.8 Å². The maximum absolute atomic E-state index is 13.1. The van der Waals surface area contributed by atoms with Crippen LogP contribution < -0.4 is 11.1 Å². The molecule has 0 amide bonds. The molecule has 0 heterocycles. The van der Waals surface area contributed by atoms with Gasteiger partial charge in [0, 0.05) is 18.2 Å². The number of hydrogen-bond acceptors (Lipinski definition) is 2. The highest BCUT2D eigenvalue weighted by molar-refractivity contribution is 5.55. The molecule has 14 heavy (non-hydrogen) atoms. The van der Waals surface area contributed by atoms with E-state index in [1.165, 1.54) is 6.08 Å². The summed E-state index contributed by atoms with van der Waals surface area (Å²) < 4.78 is 26.1. The van der Waals surface area contributed by atoms with Crippen LogP contribution in [0.4, 0.5) is 14.5 Å². The summed E-state index contributed by atoms with van der Waals surface area (Å²) in [7, 11) is 1.77. The van der Waals surface area contributed by atoms with Crippen LogP contribution in [-0.2, 0) is 0 Å². The molecule has 1 aromatic carbocycles. The summed E-state index contributed by atoms with van der Waals surface area (Å²) in [6, 6.07) is 2.06. The number of nitrogen functional groups attached to an aromatic ring is 1. The molecule has 3 N–H and O–H groups in total. The standard InChI is InChI=1S/C10H12F2N2/c1-14-4-2-3-7-5-9(12)10(13)6-8(7)11/h2-3,5-6,14H,4,13H2,1H3. The maximum Gasteiger partial charge on any atom is 0.146 e. The molecule has 0 radical (unpaired) electrons. The van der Waals surface area contributed by atoms with Crippen molar-refractivity contribution < 1.29 is 8.78 Å². The van der Waals surface area contributed by atoms with Crippen LogP contribution in [0.15, 0.2) is 18.2 Å². The van der Waals surface area contributed by atoms with Crippen LogP contribution in [0.1, 0.15) is 5.56 Å². The second-order valence-corrected chi connectivity index (χ2v) is 2.86. The highest BCUT2D eigenvalue weighted by Crippen LogP contribution is 2.17. The van der Waals surface area contributed by atoms with E-state index in [1.54, 1.807) is 13.1 Å². The summed E-state index contributed by atoms with van der Waals surface area (Å²) >= 11 is 0. The number of nitrogens with two attached hydrogens (primary N) is 1. The van der Waals surface area contributed by atoms with Gasteiger partial charge in [0.2, 0.25) is 0 Å². The van der Waals surface area contributed by atoms with Gasteiger partial charge in [0.15, 0.2) is 0 Å². The van der Waals surface area contributed by atoms with Gasteiger partial charge in [-0.1, -0.05) is 12.2 Å². The van der Waals surface area contributed by atoms with E-state index in [0.29, 0.717) is 6.54 Å². The molecule has 4 heteroatoms. The minimum absolute atomic E-state index is 0.173. The van der Waals surface area contributed by atoms with Crippen LogP contribution in [0.25, 0.3) is 6.08 Å². The molecule has 1 rings (SSSR count). The first-order valence-electron chi connectivity index (χ1n) is 4.21. The molecule has 0 saturated carbocycles. The van der Waals surface area contributed by atoms with E-state index in [2.05, 4.69) is 5.32 Å². The van der Waals surface area contributed by atoms with Crippen molar-refractivity contribution in [2.45, 2.75) is 0 Å². The van der Waals surface area contributed by atoms with Crippen molar-refractivity contribution in [1.82, 2.24) is 5.32 Å². The molecule has 1 aromatic rings. The monoisotopic (exact) mass is 198 g/mol. The number of halogens is 2. The molecular formula is C10H12F2N2. The highest BCUT2D eigenvalue weighted by Gasteiger charge is 2.04. The van der Waals surface area contributed by atoms with Gasteiger partial charge in [-0.25, -0.2) is 8.78 Å². The lowest BCUT2D eigenvalue weighted by Gasteiger charge is -2.00. The Balaban J connectivity index is 2.92. The zero-order valence-electron chi connectivity index (χ0n) is 7.85. The van der Waals surface area contributed by atoms with Gasteiger partial charge in [-0.3, -0.25) is 0 Å². The van der Waals surface area contributed by atoms with Crippen molar-refractivity contribution in [2.75, 3.05) is 19.3 Å². The molecule has 0 aromatic heterocycles. The SMILES string of the molecule is CNCC=Cc1cc(F)c(N)cc1F. The van der Waals surface area contributed by atoms with E-state index in [9.17, 15) is 8.78 Å². The summed E-state index contributed by atoms with van der Waals surface area (Å²) in [4.78, 5) is 0. The first-order valence-corrected chi connectivity index (χ1v) is 4.21. The molecule has 0 fully saturated rings. The first kappa shape index (κ1) is 10.7. The van der Waals surface area contributed by atoms with Gasteiger partial charge in [0.1, 0.15) is 11.6 Å². The van der Waals surface area contributed by atoms with Crippen molar-refractivity contribution in [3.8, 4) is 0 Å². The summed E-state index contributed by atoms with van der Waals surface area (Å²) in [6.07, 6.45) is 3.21. The Hall–Kier alpha value is -1.42. The molecule has 0 aliphatic heterocycles. The van der Waals surface area contributed by atoms with Gasteiger partial charge < -0.3 is 11.1 Å². The highest BCUT2D eigenvalue weighted by atomic mass is 19.1. The molecule has 0 unspecified atom stereocenters. The minimum Gasteiger partial charge on any atom is -0.396 e. The number of anilines is 1. The predicted octanol–water partition coefficient (Wildman–Crippen LogP) is 1.78. The van der Waals surface area contributed by atoms with Gasteiger partial charge in [0.25, 0.3) is 0 Å². The quantitative estimate of drug-likeness (QED) is 0.726. The molecule has 0 bridgehead atoms. The summed E-state index contributed by atoms with van der Waals surface area (Å²) in [5, 5.41) is 2.86. The number of benzene rings is 1. The van der Waals surface area contributed by atoms with Crippen LogP contribution in [0.5, 0.6) is 0 Å². The third-order valence-electron chi connectivity index (χ3n) is 1.74. The smallest absolute Gasteiger partial charge is 0.146 e. The number of likely N-dealkylation sites (N-methyl/N-ethyl adjacent to an activating group) is 1. The van der Waals surface area contributed by atoms with Crippen molar-refractivity contribution in [3.05, 3.63) is 35.4 Å². The van der Waals surface area contributed by atoms with Crippen molar-refractivity contribution in [1.29, 1.82) is 0 Å². The fourth-order valence-electron chi connectivity index (χ4n) is 1.01. The lowest BCUT2D eigenvalue weighted by atomic mass is 10.1. The van der Waals surface area contributed by atoms with E-state index in [4.69, 9.17) is 5.73 Å². The second kappa shape index (κ2) is 4.72. The van der Waals surface area contributed by atoms with Gasteiger partial charge in [-0.05, 0) is 13.1 Å². The van der Waals surface area contributed by atoms with Crippen LogP contribution >= 0.6 is 0 Å². The molecule has 0 aliphatic rings. The van der Waals surface area contributed by atoms with Crippen LogP contribution in [0.2, 0.25) is 0 Å². The maximum atomic E-state index is 13.1. The molecule has 0 spiro atoms. The molecule has 0 saturated heterocycles. The number of rotatable bonds is 3. The zero-order chi connectivity index (χ0) is 10.6. The Morgan fingerprint density at radius 3 is 2.71 bits per heavy atom. The average Bonchev–Trinajstić information content (AvgIpc) is 2.14. The summed E-state index contributed by atoms with van der Waals surface area (Å²) in [6.45, 7) is 0.603. The third kappa shape index (κ3) is 2.53. The van der Waals surface area contributed by atoms with Gasteiger partial charge in [-0.15, -0.1) is 0 Å². The lowest BCUT2D eigenvalue weighted by Crippen LogP contribution is -2.03. The van der Waals surface area contributed by atoms with Crippen molar-refractivity contribution in [3.63, 3.8) is 0 Å². The Labute approximate surface area is 81.4 Å². The third-order valence-corrected chi connectivity index (χ3v) is 1.74. The van der Waals surface area contributed by atoms with Gasteiger partial charge >= 0.3 is 0 Å². The van der Waals surface area contributed by atoms with E-state index >= 15 is 0 Å². The largest absolute Gasteiger partial charge is 0.396 e. The lowest BCUT2D eigenvalue weighted by molar-refractivity contribution is 0.602. The molecule has 2 nitrogen and oxygen atoms in total. The number of hydrogen-bond donors (Lipinski definition) is 2. The Kier molecular flexibility index (Phi) is 3.59. The van der Waals surface area contributed by atoms with Crippen LogP contribution in [-0.4, -0.2) is 13.6 Å². The fraction of sp³-hybridized carbons (Fsp3) is 0.200. The van der Waals surface area contributed by atoms with Crippen molar-refractivity contribution in [2.24, 2.45) is 0 Å². The van der Waals surface area contributed by atoms with Gasteiger partial charge in [0.05, 0.1) is 5.69 Å². The van der Waals surface area contributed by atoms with Crippen LogP contribution in [0.3, 0.4) is 0 Å². The molecule has 0 aliphatic carbocycles. The zero-order valence-corrected chi connectivity index (χ0v) is 7.85. The fourth-order valence-corrected chi connectivity index (χ4v) is 1.01. The Morgan fingerprint density at radius 1 is 1.36 bits per heavy atom. The van der Waals surface area contributed by atoms with E-state index in [0.717, 1.165) is 12.1 Å². The van der Waals surface area contributed by atoms with E-state index in [1.807, 2.05) is 0 Å². The summed E-state index contributed by atoms with van der Waals surface area (Å²) in [5.74, 6) is -1.12. The Bertz CT molecular complexity index is 348. The number of nitrogens with one attached hydrogen (secondary N) is 1. The Morgan fingerprint density at radius 2 is 2.07 bits per heavy atom. The van der Waals surface area contributed by atoms with Gasteiger partial charge in [-0.2, -0.15) is 0 Å². The average molecular weight is 198 g/mol. The topological polar surface area (TPSA) is 38.0 Å². The molecular weight excluding hydrogens is 186 g/mol. The van der Waals surface area contributed by atoms with E-state index in [-0.39, 0.29) is 11.3 Å². The summed E-state index contributed by atoms with van der Waals surface area (Å²) in [5.41, 5.74) is 5.22. The van der Waals surface area contributed by atoms with Crippen LogP contribution in [0, 0.1) is 11.6 Å². The molecule has 0 atom stereocenters. The first-order chi connectivity index (χ1) is 6.65. The predicted molar refractivity (Wildman–Crippen MR) is 53.7 cm³/mol. The second-order valence-electron chi connectivity index (χ2n) is 2.86. The minimum atomic E-state index is -0.601. The van der Waals surface area contributed by atoms with E-state index < -0.39 is 11.6 Å². The molecule has 76 valence electrons. The normalized spacial score (nSPS) is 11.1.